The van der Waals surface area contributed by atoms with Crippen molar-refractivity contribution in [2.24, 2.45) is 0 Å². The molecule has 0 saturated carbocycles. The van der Waals surface area contributed by atoms with Gasteiger partial charge < -0.3 is 4.74 Å². The van der Waals surface area contributed by atoms with Gasteiger partial charge in [0.05, 0.1) is 0 Å². The molecule has 0 heterocycles. The van der Waals surface area contributed by atoms with Crippen LogP contribution in [0.4, 0.5) is 0 Å². The Morgan fingerprint density at radius 1 is 0.750 bits per heavy atom. The molecular formula is C22H40O2. The van der Waals surface area contributed by atoms with Crippen LogP contribution in [0.3, 0.4) is 0 Å². The van der Waals surface area contributed by atoms with Crippen LogP contribution >= 0.6 is 0 Å². The second-order valence-electron chi connectivity index (χ2n) is 7.02. The molecule has 0 aliphatic rings. The number of rotatable bonds is 15. The van der Waals surface area contributed by atoms with Gasteiger partial charge in [-0.25, -0.2) is 0 Å². The molecule has 0 radical (unpaired) electrons. The fourth-order valence-corrected chi connectivity index (χ4v) is 2.77. The van der Waals surface area contributed by atoms with Gasteiger partial charge in [-0.05, 0) is 45.6 Å². The molecular weight excluding hydrogens is 296 g/mol. The second-order valence-corrected chi connectivity index (χ2v) is 7.02. The molecule has 0 atom stereocenters. The number of ether oxygens (including phenoxy) is 1. The lowest BCUT2D eigenvalue weighted by atomic mass is 10.0. The molecule has 0 aromatic rings. The van der Waals surface area contributed by atoms with Crippen LogP contribution < -0.4 is 0 Å². The van der Waals surface area contributed by atoms with Crippen LogP contribution in [-0.2, 0) is 9.53 Å². The lowest BCUT2D eigenvalue weighted by Crippen LogP contribution is -1.98. The third-order valence-corrected chi connectivity index (χ3v) is 4.42. The van der Waals surface area contributed by atoms with Crippen molar-refractivity contribution in [2.45, 2.75) is 105 Å². The molecule has 0 aromatic heterocycles. The number of hydrogen-bond acceptors (Lipinski definition) is 2. The first-order valence-corrected chi connectivity index (χ1v) is 10.0. The lowest BCUT2D eigenvalue weighted by molar-refractivity contribution is -0.139. The van der Waals surface area contributed by atoms with Crippen molar-refractivity contribution in [1.82, 2.24) is 0 Å². The molecule has 0 amide bonds. The molecule has 2 heteroatoms. The van der Waals surface area contributed by atoms with Gasteiger partial charge >= 0.3 is 5.97 Å². The summed E-state index contributed by atoms with van der Waals surface area (Å²) in [4.78, 5) is 10.7. The van der Waals surface area contributed by atoms with Crippen LogP contribution in [0.25, 0.3) is 0 Å². The van der Waals surface area contributed by atoms with E-state index in [1.165, 1.54) is 82.3 Å². The topological polar surface area (TPSA) is 26.3 Å². The Labute approximate surface area is 150 Å². The summed E-state index contributed by atoms with van der Waals surface area (Å²) in [6.07, 6.45) is 20.3. The van der Waals surface area contributed by atoms with Crippen LogP contribution in [0.15, 0.2) is 23.3 Å². The molecule has 0 rings (SSSR count). The Bertz CT molecular complexity index is 366. The molecule has 24 heavy (non-hydrogen) atoms. The van der Waals surface area contributed by atoms with Crippen molar-refractivity contribution in [3.8, 4) is 0 Å². The quantitative estimate of drug-likeness (QED) is 0.180. The molecule has 0 N–H and O–H groups in total. The summed E-state index contributed by atoms with van der Waals surface area (Å²) in [6, 6.07) is 0. The zero-order valence-corrected chi connectivity index (χ0v) is 16.7. The Morgan fingerprint density at radius 3 is 1.88 bits per heavy atom. The third kappa shape index (κ3) is 17.3. The highest BCUT2D eigenvalue weighted by atomic mass is 16.5. The van der Waals surface area contributed by atoms with E-state index in [4.69, 9.17) is 4.74 Å². The highest BCUT2D eigenvalue weighted by Crippen LogP contribution is 2.14. The summed E-state index contributed by atoms with van der Waals surface area (Å²) >= 11 is 0. The van der Waals surface area contributed by atoms with Crippen LogP contribution in [0.5, 0.6) is 0 Å². The SMILES string of the molecule is CCCCCCCCCCC/C(C)=C\CC/C(C)=C/COC(C)=O. The van der Waals surface area contributed by atoms with E-state index in [0.717, 1.165) is 12.8 Å². The zero-order valence-electron chi connectivity index (χ0n) is 16.7. The summed E-state index contributed by atoms with van der Waals surface area (Å²) in [5.74, 6) is -0.212. The average Bonchev–Trinajstić information content (AvgIpc) is 2.53. The molecule has 2 nitrogen and oxygen atoms in total. The number of hydrogen-bond donors (Lipinski definition) is 0. The van der Waals surface area contributed by atoms with Crippen LogP contribution in [-0.4, -0.2) is 12.6 Å². The number of carbonyl (C=O) groups excluding carboxylic acids is 1. The molecule has 0 unspecified atom stereocenters. The molecule has 140 valence electrons. The maximum absolute atomic E-state index is 10.7. The van der Waals surface area contributed by atoms with Crippen LogP contribution in [0, 0.1) is 0 Å². The first-order chi connectivity index (χ1) is 11.6. The van der Waals surface area contributed by atoms with E-state index < -0.39 is 0 Å². The van der Waals surface area contributed by atoms with Gasteiger partial charge in [0.1, 0.15) is 6.61 Å². The molecule has 0 fully saturated rings. The van der Waals surface area contributed by atoms with Gasteiger partial charge in [-0.15, -0.1) is 0 Å². The summed E-state index contributed by atoms with van der Waals surface area (Å²) in [5.41, 5.74) is 2.81. The van der Waals surface area contributed by atoms with Gasteiger partial charge in [-0.3, -0.25) is 4.79 Å². The van der Waals surface area contributed by atoms with E-state index in [1.807, 2.05) is 6.08 Å². The number of allylic oxidation sites excluding steroid dienone is 3. The predicted molar refractivity (Wildman–Crippen MR) is 105 cm³/mol. The number of unbranched alkanes of at least 4 members (excludes halogenated alkanes) is 8. The van der Waals surface area contributed by atoms with Gasteiger partial charge in [-0.1, -0.05) is 75.5 Å². The average molecular weight is 337 g/mol. The van der Waals surface area contributed by atoms with Crippen molar-refractivity contribution in [1.29, 1.82) is 0 Å². The summed E-state index contributed by atoms with van der Waals surface area (Å²) < 4.78 is 4.92. The largest absolute Gasteiger partial charge is 0.462 e. The fraction of sp³-hybridized carbons (Fsp3) is 0.773. The fourth-order valence-electron chi connectivity index (χ4n) is 2.77. The van der Waals surface area contributed by atoms with Crippen molar-refractivity contribution in [3.05, 3.63) is 23.3 Å². The van der Waals surface area contributed by atoms with E-state index in [0.29, 0.717) is 6.61 Å². The summed E-state index contributed by atoms with van der Waals surface area (Å²) in [5, 5.41) is 0. The monoisotopic (exact) mass is 336 g/mol. The minimum Gasteiger partial charge on any atom is -0.462 e. The minimum absolute atomic E-state index is 0.212. The van der Waals surface area contributed by atoms with E-state index in [2.05, 4.69) is 26.8 Å². The van der Waals surface area contributed by atoms with Crippen LogP contribution in [0.1, 0.15) is 105 Å². The number of esters is 1. The molecule has 0 spiro atoms. The predicted octanol–water partition coefficient (Wildman–Crippen LogP) is 7.14. The standard InChI is InChI=1S/C22H40O2/c1-5-6-7-8-9-10-11-12-13-15-20(2)16-14-17-21(3)18-19-24-22(4)23/h16,18H,5-15,17,19H2,1-4H3/b20-16-,21-18+. The molecule has 0 aliphatic carbocycles. The first-order valence-electron chi connectivity index (χ1n) is 10.0. The molecule has 0 bridgehead atoms. The lowest BCUT2D eigenvalue weighted by Gasteiger charge is -2.04. The highest BCUT2D eigenvalue weighted by molar-refractivity contribution is 5.66. The van der Waals surface area contributed by atoms with Crippen molar-refractivity contribution >= 4 is 5.97 Å². The van der Waals surface area contributed by atoms with Gasteiger partial charge in [0.15, 0.2) is 0 Å². The van der Waals surface area contributed by atoms with Gasteiger partial charge in [0.25, 0.3) is 0 Å². The molecule has 0 aromatic carbocycles. The Hall–Kier alpha value is -1.05. The van der Waals surface area contributed by atoms with Gasteiger partial charge in [0.2, 0.25) is 0 Å². The summed E-state index contributed by atoms with van der Waals surface area (Å²) in [7, 11) is 0. The van der Waals surface area contributed by atoms with Crippen LogP contribution in [0.2, 0.25) is 0 Å². The highest BCUT2D eigenvalue weighted by Gasteiger charge is 1.95. The molecule has 0 saturated heterocycles. The Kier molecular flexibility index (Phi) is 16.1. The van der Waals surface area contributed by atoms with Gasteiger partial charge in [0, 0.05) is 6.92 Å². The van der Waals surface area contributed by atoms with Crippen molar-refractivity contribution in [3.63, 3.8) is 0 Å². The van der Waals surface area contributed by atoms with Gasteiger partial charge in [-0.2, -0.15) is 0 Å². The second kappa shape index (κ2) is 16.8. The van der Waals surface area contributed by atoms with E-state index in [1.54, 1.807) is 0 Å². The maximum atomic E-state index is 10.7. The summed E-state index contributed by atoms with van der Waals surface area (Å²) in [6.45, 7) is 8.48. The Balaban J connectivity index is 3.54. The van der Waals surface area contributed by atoms with E-state index in [9.17, 15) is 4.79 Å². The maximum Gasteiger partial charge on any atom is 0.302 e. The third-order valence-electron chi connectivity index (χ3n) is 4.42. The van der Waals surface area contributed by atoms with Crippen molar-refractivity contribution in [2.75, 3.05) is 6.61 Å². The smallest absolute Gasteiger partial charge is 0.302 e. The molecule has 0 aliphatic heterocycles. The minimum atomic E-state index is -0.212. The zero-order chi connectivity index (χ0) is 18.0. The van der Waals surface area contributed by atoms with E-state index in [-0.39, 0.29) is 5.97 Å². The van der Waals surface area contributed by atoms with E-state index >= 15 is 0 Å². The normalized spacial score (nSPS) is 12.5. The number of carbonyl (C=O) groups is 1. The Morgan fingerprint density at radius 2 is 1.29 bits per heavy atom. The first kappa shape index (κ1) is 22.9. The van der Waals surface area contributed by atoms with Crippen molar-refractivity contribution < 1.29 is 9.53 Å².